The van der Waals surface area contributed by atoms with Crippen molar-refractivity contribution < 1.29 is 4.79 Å². The van der Waals surface area contributed by atoms with E-state index in [2.05, 4.69) is 60.1 Å². The van der Waals surface area contributed by atoms with Gasteiger partial charge in [0.1, 0.15) is 12.4 Å². The number of hydrogen-bond acceptors (Lipinski definition) is 4. The number of aromatic nitrogens is 3. The van der Waals surface area contributed by atoms with Crippen molar-refractivity contribution in [2.75, 3.05) is 31.1 Å². The molecule has 0 atom stereocenters. The maximum Gasteiger partial charge on any atom is 0.244 e. The van der Waals surface area contributed by atoms with Crippen LogP contribution >= 0.6 is 0 Å². The molecule has 2 aromatic heterocycles. The molecule has 1 aliphatic rings. The summed E-state index contributed by atoms with van der Waals surface area (Å²) in [7, 11) is 0. The fourth-order valence-corrected chi connectivity index (χ4v) is 4.37. The van der Waals surface area contributed by atoms with Gasteiger partial charge >= 0.3 is 0 Å². The highest BCUT2D eigenvalue weighted by Gasteiger charge is 2.23. The zero-order valence-corrected chi connectivity index (χ0v) is 19.7. The Bertz CT molecular complexity index is 1270. The van der Waals surface area contributed by atoms with Crippen LogP contribution in [0, 0.1) is 13.8 Å². The molecule has 0 radical (unpaired) electrons. The average molecular weight is 452 g/mol. The highest BCUT2D eigenvalue weighted by Crippen LogP contribution is 2.27. The molecule has 1 aliphatic heterocycles. The molecule has 1 amide bonds. The van der Waals surface area contributed by atoms with Gasteiger partial charge in [-0.1, -0.05) is 48.5 Å². The number of amides is 1. The summed E-state index contributed by atoms with van der Waals surface area (Å²) in [5.41, 5.74) is 6.44. The molecule has 34 heavy (non-hydrogen) atoms. The molecule has 0 N–H and O–H groups in total. The number of rotatable bonds is 5. The largest absolute Gasteiger partial charge is 0.353 e. The lowest BCUT2D eigenvalue weighted by Crippen LogP contribution is -2.49. The number of benzene rings is 2. The number of aryl methyl sites for hydroxylation is 2. The Morgan fingerprint density at radius 1 is 0.824 bits per heavy atom. The maximum atomic E-state index is 13.3. The summed E-state index contributed by atoms with van der Waals surface area (Å²) >= 11 is 0. The van der Waals surface area contributed by atoms with Crippen molar-refractivity contribution in [1.29, 1.82) is 0 Å². The van der Waals surface area contributed by atoms with Crippen molar-refractivity contribution in [1.82, 2.24) is 19.7 Å². The third-order valence-corrected chi connectivity index (χ3v) is 6.54. The number of pyridine rings is 1. The molecule has 0 spiro atoms. The summed E-state index contributed by atoms with van der Waals surface area (Å²) in [5, 5.41) is 4.87. The first-order valence-corrected chi connectivity index (χ1v) is 11.7. The molecule has 1 saturated heterocycles. The van der Waals surface area contributed by atoms with Crippen LogP contribution in [0.1, 0.15) is 11.1 Å². The molecule has 6 nitrogen and oxygen atoms in total. The van der Waals surface area contributed by atoms with Gasteiger partial charge in [0, 0.05) is 37.9 Å². The summed E-state index contributed by atoms with van der Waals surface area (Å²) in [6, 6.07) is 24.6. The molecular weight excluding hydrogens is 422 g/mol. The van der Waals surface area contributed by atoms with Gasteiger partial charge in [-0.15, -0.1) is 0 Å². The van der Waals surface area contributed by atoms with E-state index in [-0.39, 0.29) is 12.5 Å². The molecular formula is C28H29N5O. The van der Waals surface area contributed by atoms with Crippen molar-refractivity contribution >= 4 is 11.7 Å². The molecule has 172 valence electrons. The monoisotopic (exact) mass is 451 g/mol. The van der Waals surface area contributed by atoms with E-state index in [1.165, 1.54) is 11.1 Å². The summed E-state index contributed by atoms with van der Waals surface area (Å²) in [6.07, 6.45) is 1.81. The summed E-state index contributed by atoms with van der Waals surface area (Å²) < 4.78 is 1.85. The van der Waals surface area contributed by atoms with Gasteiger partial charge in [-0.2, -0.15) is 5.10 Å². The van der Waals surface area contributed by atoms with Crippen LogP contribution in [-0.2, 0) is 11.3 Å². The van der Waals surface area contributed by atoms with Crippen LogP contribution in [0.4, 0.5) is 5.82 Å². The normalized spacial score (nSPS) is 13.8. The van der Waals surface area contributed by atoms with E-state index in [0.717, 1.165) is 41.4 Å². The molecule has 4 aromatic rings. The van der Waals surface area contributed by atoms with Crippen LogP contribution in [0.15, 0.2) is 79.0 Å². The van der Waals surface area contributed by atoms with Crippen LogP contribution in [0.25, 0.3) is 22.5 Å². The standard InChI is InChI=1S/C28H29N5O/c1-21-11-12-24(18-22(21)2)25-19-26(23-8-4-3-5-9-23)33(30-25)20-28(34)32-16-14-31(15-17-32)27-10-6-7-13-29-27/h3-13,18-19H,14-17,20H2,1-2H3. The van der Waals surface area contributed by atoms with Crippen LogP contribution in [0.3, 0.4) is 0 Å². The van der Waals surface area contributed by atoms with E-state index in [1.807, 2.05) is 52.2 Å². The third-order valence-electron chi connectivity index (χ3n) is 6.54. The van der Waals surface area contributed by atoms with Gasteiger partial charge in [0.25, 0.3) is 0 Å². The van der Waals surface area contributed by atoms with Crippen LogP contribution in [0.5, 0.6) is 0 Å². The van der Waals surface area contributed by atoms with Crippen LogP contribution in [0.2, 0.25) is 0 Å². The first-order chi connectivity index (χ1) is 16.6. The predicted octanol–water partition coefficient (Wildman–Crippen LogP) is 4.58. The van der Waals surface area contributed by atoms with Crippen LogP contribution < -0.4 is 4.90 Å². The van der Waals surface area contributed by atoms with Gasteiger partial charge in [0.15, 0.2) is 0 Å². The van der Waals surface area contributed by atoms with Gasteiger partial charge in [-0.25, -0.2) is 4.98 Å². The Labute approximate surface area is 200 Å². The second-order valence-electron chi connectivity index (χ2n) is 8.79. The van der Waals surface area contributed by atoms with Gasteiger partial charge in [0.05, 0.1) is 11.4 Å². The van der Waals surface area contributed by atoms with E-state index < -0.39 is 0 Å². The van der Waals surface area contributed by atoms with Gasteiger partial charge < -0.3 is 9.80 Å². The first kappa shape index (κ1) is 21.9. The maximum absolute atomic E-state index is 13.3. The smallest absolute Gasteiger partial charge is 0.244 e. The second-order valence-corrected chi connectivity index (χ2v) is 8.79. The Morgan fingerprint density at radius 3 is 2.29 bits per heavy atom. The first-order valence-electron chi connectivity index (χ1n) is 11.7. The predicted molar refractivity (Wildman–Crippen MR) is 136 cm³/mol. The molecule has 0 saturated carbocycles. The number of carbonyl (C=O) groups excluding carboxylic acids is 1. The summed E-state index contributed by atoms with van der Waals surface area (Å²) in [6.45, 7) is 7.37. The lowest BCUT2D eigenvalue weighted by Gasteiger charge is -2.35. The zero-order valence-electron chi connectivity index (χ0n) is 19.7. The molecule has 2 aromatic carbocycles. The van der Waals surface area contributed by atoms with Crippen LogP contribution in [-0.4, -0.2) is 51.8 Å². The van der Waals surface area contributed by atoms with E-state index >= 15 is 0 Å². The van der Waals surface area contributed by atoms with E-state index in [0.29, 0.717) is 13.1 Å². The Balaban J connectivity index is 1.36. The quantitative estimate of drug-likeness (QED) is 0.446. The molecule has 0 bridgehead atoms. The molecule has 6 heteroatoms. The summed E-state index contributed by atoms with van der Waals surface area (Å²) in [4.78, 5) is 21.9. The molecule has 0 aliphatic carbocycles. The van der Waals surface area contributed by atoms with E-state index in [4.69, 9.17) is 5.10 Å². The fourth-order valence-electron chi connectivity index (χ4n) is 4.37. The number of anilines is 1. The van der Waals surface area contributed by atoms with Crippen molar-refractivity contribution in [3.63, 3.8) is 0 Å². The third kappa shape index (κ3) is 4.57. The second kappa shape index (κ2) is 9.51. The zero-order chi connectivity index (χ0) is 23.5. The van der Waals surface area contributed by atoms with Crippen molar-refractivity contribution in [3.8, 4) is 22.5 Å². The van der Waals surface area contributed by atoms with Crippen molar-refractivity contribution in [2.45, 2.75) is 20.4 Å². The lowest BCUT2D eigenvalue weighted by molar-refractivity contribution is -0.132. The van der Waals surface area contributed by atoms with Gasteiger partial charge in [0.2, 0.25) is 5.91 Å². The van der Waals surface area contributed by atoms with E-state index in [9.17, 15) is 4.79 Å². The number of carbonyl (C=O) groups is 1. The average Bonchev–Trinajstić information content (AvgIpc) is 3.30. The molecule has 1 fully saturated rings. The van der Waals surface area contributed by atoms with Gasteiger partial charge in [-0.3, -0.25) is 9.48 Å². The highest BCUT2D eigenvalue weighted by molar-refractivity contribution is 5.78. The number of piperazine rings is 1. The van der Waals surface area contributed by atoms with E-state index in [1.54, 1.807) is 0 Å². The Hall–Kier alpha value is -3.93. The Kier molecular flexibility index (Phi) is 6.12. The minimum absolute atomic E-state index is 0.0904. The summed E-state index contributed by atoms with van der Waals surface area (Å²) in [5.74, 6) is 1.05. The minimum atomic E-state index is 0.0904. The molecule has 0 unspecified atom stereocenters. The fraction of sp³-hybridized carbons (Fsp3) is 0.250. The number of hydrogen-bond donors (Lipinski definition) is 0. The molecule has 3 heterocycles. The Morgan fingerprint density at radius 2 is 1.59 bits per heavy atom. The number of nitrogens with zero attached hydrogens (tertiary/aromatic N) is 5. The topological polar surface area (TPSA) is 54.3 Å². The highest BCUT2D eigenvalue weighted by atomic mass is 16.2. The van der Waals surface area contributed by atoms with Gasteiger partial charge in [-0.05, 0) is 54.8 Å². The minimum Gasteiger partial charge on any atom is -0.353 e. The van der Waals surface area contributed by atoms with Crippen molar-refractivity contribution in [3.05, 3.63) is 90.1 Å². The SMILES string of the molecule is Cc1ccc(-c2cc(-c3ccccc3)n(CC(=O)N3CCN(c4ccccn4)CC3)n2)cc1C. The van der Waals surface area contributed by atoms with Crippen molar-refractivity contribution in [2.24, 2.45) is 0 Å². The lowest BCUT2D eigenvalue weighted by atomic mass is 10.0. The molecule has 5 rings (SSSR count).